The standard InChI is InChI=1S/C14H13F3N2O2/c1-8(5-13(18)20)12-7-11(19-21-12)9-3-2-4-10(6-9)14(15,16)17/h2-4,6-8H,5H2,1H3,(H2,18,20). The number of benzene rings is 1. The summed E-state index contributed by atoms with van der Waals surface area (Å²) in [4.78, 5) is 10.8. The summed E-state index contributed by atoms with van der Waals surface area (Å²) in [6.45, 7) is 1.72. The first-order chi connectivity index (χ1) is 9.77. The van der Waals surface area contributed by atoms with Crippen LogP contribution in [0.3, 0.4) is 0 Å². The molecule has 2 aromatic rings. The van der Waals surface area contributed by atoms with Gasteiger partial charge in [0.15, 0.2) is 0 Å². The second-order valence-corrected chi connectivity index (χ2v) is 4.76. The molecule has 112 valence electrons. The van der Waals surface area contributed by atoms with Crippen molar-refractivity contribution in [1.82, 2.24) is 5.16 Å². The molecule has 0 aliphatic heterocycles. The van der Waals surface area contributed by atoms with Gasteiger partial charge in [0.05, 0.1) is 5.56 Å². The molecule has 0 bridgehead atoms. The lowest BCUT2D eigenvalue weighted by Crippen LogP contribution is -2.13. The summed E-state index contributed by atoms with van der Waals surface area (Å²) >= 11 is 0. The molecule has 7 heteroatoms. The normalized spacial score (nSPS) is 13.1. The third-order valence-corrected chi connectivity index (χ3v) is 3.01. The monoisotopic (exact) mass is 298 g/mol. The van der Waals surface area contributed by atoms with Crippen molar-refractivity contribution in [2.45, 2.75) is 25.4 Å². The fourth-order valence-electron chi connectivity index (χ4n) is 1.91. The van der Waals surface area contributed by atoms with Crippen molar-refractivity contribution in [3.63, 3.8) is 0 Å². The molecule has 4 nitrogen and oxygen atoms in total. The number of hydrogen-bond acceptors (Lipinski definition) is 3. The number of carbonyl (C=O) groups excluding carboxylic acids is 1. The van der Waals surface area contributed by atoms with Gasteiger partial charge in [-0.25, -0.2) is 0 Å². The van der Waals surface area contributed by atoms with Crippen molar-refractivity contribution in [3.8, 4) is 11.3 Å². The van der Waals surface area contributed by atoms with E-state index in [-0.39, 0.29) is 18.0 Å². The predicted octanol–water partition coefficient (Wildman–Crippen LogP) is 3.34. The second kappa shape index (κ2) is 5.59. The summed E-state index contributed by atoms with van der Waals surface area (Å²) < 4.78 is 43.1. The fourth-order valence-corrected chi connectivity index (χ4v) is 1.91. The van der Waals surface area contributed by atoms with Crippen molar-refractivity contribution in [2.75, 3.05) is 0 Å². The molecule has 1 aromatic heterocycles. The quantitative estimate of drug-likeness (QED) is 0.941. The molecule has 1 amide bonds. The van der Waals surface area contributed by atoms with Crippen LogP contribution < -0.4 is 5.73 Å². The number of aromatic nitrogens is 1. The van der Waals surface area contributed by atoms with E-state index in [9.17, 15) is 18.0 Å². The first-order valence-corrected chi connectivity index (χ1v) is 6.20. The summed E-state index contributed by atoms with van der Waals surface area (Å²) in [6, 6.07) is 6.32. The van der Waals surface area contributed by atoms with Crippen LogP contribution in [-0.2, 0) is 11.0 Å². The summed E-state index contributed by atoms with van der Waals surface area (Å²) in [5, 5.41) is 3.74. The Morgan fingerprint density at radius 1 is 1.38 bits per heavy atom. The smallest absolute Gasteiger partial charge is 0.370 e. The zero-order valence-corrected chi connectivity index (χ0v) is 11.1. The highest BCUT2D eigenvalue weighted by Gasteiger charge is 2.30. The molecule has 2 rings (SSSR count). The number of nitrogens with two attached hydrogens (primary N) is 1. The summed E-state index contributed by atoms with van der Waals surface area (Å²) in [7, 11) is 0. The Morgan fingerprint density at radius 2 is 2.10 bits per heavy atom. The van der Waals surface area contributed by atoms with E-state index in [0.29, 0.717) is 11.3 Å². The van der Waals surface area contributed by atoms with E-state index in [2.05, 4.69) is 5.16 Å². The van der Waals surface area contributed by atoms with Crippen LogP contribution in [0.5, 0.6) is 0 Å². The van der Waals surface area contributed by atoms with E-state index in [1.165, 1.54) is 18.2 Å². The Labute approximate surface area is 118 Å². The summed E-state index contributed by atoms with van der Waals surface area (Å²) in [5.41, 5.74) is 4.92. The van der Waals surface area contributed by atoms with Gasteiger partial charge in [0, 0.05) is 24.0 Å². The zero-order chi connectivity index (χ0) is 15.6. The summed E-state index contributed by atoms with van der Waals surface area (Å²) in [6.07, 6.45) is -4.33. The lowest BCUT2D eigenvalue weighted by atomic mass is 10.0. The molecule has 0 radical (unpaired) electrons. The van der Waals surface area contributed by atoms with Gasteiger partial charge in [0.1, 0.15) is 11.5 Å². The minimum atomic E-state index is -4.41. The molecule has 1 aromatic carbocycles. The van der Waals surface area contributed by atoms with Gasteiger partial charge in [-0.1, -0.05) is 24.2 Å². The average molecular weight is 298 g/mol. The summed E-state index contributed by atoms with van der Waals surface area (Å²) in [5.74, 6) is -0.365. The molecule has 0 aliphatic rings. The molecule has 0 spiro atoms. The Hall–Kier alpha value is -2.31. The van der Waals surface area contributed by atoms with Crippen LogP contribution in [0, 0.1) is 0 Å². The maximum atomic E-state index is 12.7. The van der Waals surface area contributed by atoms with Crippen molar-refractivity contribution >= 4 is 5.91 Å². The number of amides is 1. The molecular weight excluding hydrogens is 285 g/mol. The van der Waals surface area contributed by atoms with Gasteiger partial charge in [0.2, 0.25) is 5.91 Å². The molecule has 21 heavy (non-hydrogen) atoms. The Bertz CT molecular complexity index is 650. The highest BCUT2D eigenvalue weighted by Crippen LogP contribution is 2.32. The van der Waals surface area contributed by atoms with Crippen LogP contribution in [-0.4, -0.2) is 11.1 Å². The number of hydrogen-bond donors (Lipinski definition) is 1. The van der Waals surface area contributed by atoms with Crippen molar-refractivity contribution < 1.29 is 22.5 Å². The maximum absolute atomic E-state index is 12.7. The van der Waals surface area contributed by atoms with E-state index in [1.54, 1.807) is 6.92 Å². The van der Waals surface area contributed by atoms with Crippen LogP contribution in [0.25, 0.3) is 11.3 Å². The average Bonchev–Trinajstić information content (AvgIpc) is 2.86. The number of rotatable bonds is 4. The van der Waals surface area contributed by atoms with E-state index in [1.807, 2.05) is 0 Å². The Balaban J connectivity index is 2.28. The molecule has 1 unspecified atom stereocenters. The minimum Gasteiger partial charge on any atom is -0.370 e. The second-order valence-electron chi connectivity index (χ2n) is 4.76. The topological polar surface area (TPSA) is 69.1 Å². The van der Waals surface area contributed by atoms with E-state index in [0.717, 1.165) is 12.1 Å². The van der Waals surface area contributed by atoms with Gasteiger partial charge in [-0.2, -0.15) is 13.2 Å². The van der Waals surface area contributed by atoms with Crippen molar-refractivity contribution in [3.05, 3.63) is 41.7 Å². The molecule has 0 saturated heterocycles. The predicted molar refractivity (Wildman–Crippen MR) is 69.2 cm³/mol. The molecule has 0 saturated carbocycles. The lowest BCUT2D eigenvalue weighted by Gasteiger charge is -2.07. The van der Waals surface area contributed by atoms with E-state index in [4.69, 9.17) is 10.3 Å². The van der Waals surface area contributed by atoms with Crippen LogP contribution in [0.4, 0.5) is 13.2 Å². The molecule has 0 aliphatic carbocycles. The Morgan fingerprint density at radius 3 is 2.71 bits per heavy atom. The molecule has 2 N–H and O–H groups in total. The van der Waals surface area contributed by atoms with Crippen LogP contribution >= 0.6 is 0 Å². The van der Waals surface area contributed by atoms with Crippen molar-refractivity contribution in [2.24, 2.45) is 5.73 Å². The van der Waals surface area contributed by atoms with Gasteiger partial charge >= 0.3 is 6.18 Å². The van der Waals surface area contributed by atoms with E-state index >= 15 is 0 Å². The third kappa shape index (κ3) is 3.62. The molecule has 1 heterocycles. The highest BCUT2D eigenvalue weighted by atomic mass is 19.4. The third-order valence-electron chi connectivity index (χ3n) is 3.01. The van der Waals surface area contributed by atoms with Crippen LogP contribution in [0.15, 0.2) is 34.9 Å². The number of carbonyl (C=O) groups is 1. The fraction of sp³-hybridized carbons (Fsp3) is 0.286. The number of alkyl halides is 3. The SMILES string of the molecule is CC(CC(N)=O)c1cc(-c2cccc(C(F)(F)F)c2)no1. The number of nitrogens with zero attached hydrogens (tertiary/aromatic N) is 1. The number of primary amides is 1. The van der Waals surface area contributed by atoms with Gasteiger partial charge in [-0.3, -0.25) is 4.79 Å². The van der Waals surface area contributed by atoms with Gasteiger partial charge in [-0.15, -0.1) is 0 Å². The Kier molecular flexibility index (Phi) is 4.02. The van der Waals surface area contributed by atoms with Crippen molar-refractivity contribution in [1.29, 1.82) is 0 Å². The lowest BCUT2D eigenvalue weighted by molar-refractivity contribution is -0.137. The first-order valence-electron chi connectivity index (χ1n) is 6.20. The van der Waals surface area contributed by atoms with Gasteiger partial charge in [0.25, 0.3) is 0 Å². The highest BCUT2D eigenvalue weighted by molar-refractivity contribution is 5.74. The zero-order valence-electron chi connectivity index (χ0n) is 11.1. The van der Waals surface area contributed by atoms with Crippen LogP contribution in [0.2, 0.25) is 0 Å². The molecule has 0 fully saturated rings. The largest absolute Gasteiger partial charge is 0.416 e. The molecule has 1 atom stereocenters. The maximum Gasteiger partial charge on any atom is 0.416 e. The van der Waals surface area contributed by atoms with E-state index < -0.39 is 17.6 Å². The minimum absolute atomic E-state index is 0.0806. The van der Waals surface area contributed by atoms with Crippen LogP contribution in [0.1, 0.15) is 30.6 Å². The van der Waals surface area contributed by atoms with Gasteiger partial charge in [-0.05, 0) is 12.1 Å². The van der Waals surface area contributed by atoms with Gasteiger partial charge < -0.3 is 10.3 Å². The molecular formula is C14H13F3N2O2. The number of halogens is 3. The first kappa shape index (κ1) is 15.1.